The highest BCUT2D eigenvalue weighted by atomic mass is 32.1. The predicted molar refractivity (Wildman–Crippen MR) is 74.9 cm³/mol. The summed E-state index contributed by atoms with van der Waals surface area (Å²) in [5.41, 5.74) is 11.1. The van der Waals surface area contributed by atoms with Crippen LogP contribution in [0, 0.1) is 0 Å². The van der Waals surface area contributed by atoms with Crippen molar-refractivity contribution in [2.75, 3.05) is 0 Å². The van der Waals surface area contributed by atoms with E-state index < -0.39 is 5.91 Å². The van der Waals surface area contributed by atoms with Crippen LogP contribution in [0.3, 0.4) is 0 Å². The Morgan fingerprint density at radius 1 is 1.11 bits per heavy atom. The minimum Gasteiger partial charge on any atom is -0.375 e. The van der Waals surface area contributed by atoms with Gasteiger partial charge < -0.3 is 5.73 Å². The van der Waals surface area contributed by atoms with E-state index in [1.165, 1.54) is 12.4 Å². The molecular weight excluding hydrogens is 262 g/mol. The summed E-state index contributed by atoms with van der Waals surface area (Å²) in [4.78, 5) is 19.9. The van der Waals surface area contributed by atoms with Crippen LogP contribution < -0.4 is 16.6 Å². The van der Waals surface area contributed by atoms with Gasteiger partial charge in [-0.25, -0.2) is 9.97 Å². The molecule has 7 heteroatoms. The maximum absolute atomic E-state index is 11.6. The first-order valence-electron chi connectivity index (χ1n) is 5.40. The normalized spacial score (nSPS) is 9.68. The number of aromatic nitrogens is 2. The first-order chi connectivity index (χ1) is 9.16. The predicted octanol–water partition coefficient (Wildman–Crippen LogP) is 0.622. The molecule has 1 aromatic heterocycles. The van der Waals surface area contributed by atoms with Crippen molar-refractivity contribution in [2.45, 2.75) is 0 Å². The zero-order valence-electron chi connectivity index (χ0n) is 9.83. The van der Waals surface area contributed by atoms with E-state index in [2.05, 4.69) is 33.0 Å². The van der Waals surface area contributed by atoms with Crippen molar-refractivity contribution in [3.05, 3.63) is 48.3 Å². The Kier molecular flexibility index (Phi) is 3.99. The largest absolute Gasteiger partial charge is 0.375 e. The van der Waals surface area contributed by atoms with Gasteiger partial charge in [0.05, 0.1) is 5.56 Å². The number of nitrogens with one attached hydrogen (secondary N) is 2. The van der Waals surface area contributed by atoms with E-state index in [4.69, 9.17) is 5.73 Å². The van der Waals surface area contributed by atoms with Crippen molar-refractivity contribution in [3.63, 3.8) is 0 Å². The zero-order valence-corrected chi connectivity index (χ0v) is 10.6. The molecule has 0 bridgehead atoms. The average molecular weight is 273 g/mol. The van der Waals surface area contributed by atoms with Gasteiger partial charge in [0.25, 0.3) is 5.91 Å². The van der Waals surface area contributed by atoms with Crippen molar-refractivity contribution in [1.29, 1.82) is 0 Å². The summed E-state index contributed by atoms with van der Waals surface area (Å²) < 4.78 is 0. The molecule has 0 aliphatic carbocycles. The molecular formula is C12H11N5OS. The first-order valence-corrected chi connectivity index (χ1v) is 5.81. The molecule has 0 saturated carbocycles. The van der Waals surface area contributed by atoms with Crippen molar-refractivity contribution in [2.24, 2.45) is 5.73 Å². The SMILES string of the molecule is NC(=S)NNC(=O)c1cnc(-c2ccccc2)nc1. The standard InChI is InChI=1S/C12H11N5OS/c13-12(19)17-16-11(18)9-6-14-10(15-7-9)8-4-2-1-3-5-8/h1-7H,(H,16,18)(H3,13,17,19). The highest BCUT2D eigenvalue weighted by Gasteiger charge is 2.07. The third-order valence-corrected chi connectivity index (χ3v) is 2.35. The molecule has 2 aromatic rings. The Morgan fingerprint density at radius 3 is 2.32 bits per heavy atom. The second-order valence-electron chi connectivity index (χ2n) is 3.60. The molecule has 1 amide bonds. The fourth-order valence-electron chi connectivity index (χ4n) is 1.37. The number of hydrazine groups is 1. The Morgan fingerprint density at radius 2 is 1.74 bits per heavy atom. The van der Waals surface area contributed by atoms with Crippen LogP contribution in [0.2, 0.25) is 0 Å². The number of rotatable bonds is 2. The summed E-state index contributed by atoms with van der Waals surface area (Å²) in [6.07, 6.45) is 2.87. The van der Waals surface area contributed by atoms with Gasteiger partial charge >= 0.3 is 0 Å². The molecule has 0 atom stereocenters. The number of carbonyl (C=O) groups is 1. The highest BCUT2D eigenvalue weighted by Crippen LogP contribution is 2.12. The third-order valence-electron chi connectivity index (χ3n) is 2.25. The van der Waals surface area contributed by atoms with Crippen LogP contribution in [0.25, 0.3) is 11.4 Å². The smallest absolute Gasteiger partial charge is 0.272 e. The summed E-state index contributed by atoms with van der Waals surface area (Å²) in [5, 5.41) is -0.0184. The molecule has 2 rings (SSSR count). The lowest BCUT2D eigenvalue weighted by Gasteiger charge is -2.06. The highest BCUT2D eigenvalue weighted by molar-refractivity contribution is 7.80. The molecule has 96 valence electrons. The van der Waals surface area contributed by atoms with Gasteiger partial charge in [-0.2, -0.15) is 0 Å². The summed E-state index contributed by atoms with van der Waals surface area (Å²) in [7, 11) is 0. The van der Waals surface area contributed by atoms with E-state index in [0.29, 0.717) is 11.4 Å². The Bertz CT molecular complexity index is 585. The third kappa shape index (κ3) is 3.46. The minimum absolute atomic E-state index is 0.0184. The van der Waals surface area contributed by atoms with Gasteiger partial charge in [-0.1, -0.05) is 30.3 Å². The van der Waals surface area contributed by atoms with Crippen LogP contribution >= 0.6 is 12.2 Å². The molecule has 0 radical (unpaired) electrons. The lowest BCUT2D eigenvalue weighted by atomic mass is 10.2. The van der Waals surface area contributed by atoms with Crippen LogP contribution in [0.5, 0.6) is 0 Å². The zero-order chi connectivity index (χ0) is 13.7. The minimum atomic E-state index is -0.410. The summed E-state index contributed by atoms with van der Waals surface area (Å²) >= 11 is 4.57. The van der Waals surface area contributed by atoms with Gasteiger partial charge in [-0.05, 0) is 12.2 Å². The summed E-state index contributed by atoms with van der Waals surface area (Å²) in [6, 6.07) is 9.48. The Labute approximate surface area is 115 Å². The van der Waals surface area contributed by atoms with Crippen molar-refractivity contribution in [1.82, 2.24) is 20.8 Å². The van der Waals surface area contributed by atoms with Gasteiger partial charge in [0.15, 0.2) is 10.9 Å². The lowest BCUT2D eigenvalue weighted by molar-refractivity contribution is 0.0943. The summed E-state index contributed by atoms with van der Waals surface area (Å²) in [5.74, 6) is 0.145. The monoisotopic (exact) mass is 273 g/mol. The number of carbonyl (C=O) groups excluding carboxylic acids is 1. The number of amides is 1. The van der Waals surface area contributed by atoms with Crippen molar-refractivity contribution < 1.29 is 4.79 Å². The molecule has 0 spiro atoms. The first kappa shape index (κ1) is 12.9. The fourth-order valence-corrected chi connectivity index (χ4v) is 1.42. The Hall–Kier alpha value is -2.54. The van der Waals surface area contributed by atoms with Crippen LogP contribution in [0.15, 0.2) is 42.7 Å². The van der Waals surface area contributed by atoms with Crippen molar-refractivity contribution >= 4 is 23.2 Å². The quantitative estimate of drug-likeness (QED) is 0.549. The van der Waals surface area contributed by atoms with Crippen molar-refractivity contribution in [3.8, 4) is 11.4 Å². The van der Waals surface area contributed by atoms with E-state index >= 15 is 0 Å². The molecule has 19 heavy (non-hydrogen) atoms. The molecule has 4 N–H and O–H groups in total. The van der Waals surface area contributed by atoms with Gasteiger partial charge in [0, 0.05) is 18.0 Å². The second-order valence-corrected chi connectivity index (χ2v) is 4.04. The molecule has 0 aliphatic rings. The van der Waals surface area contributed by atoms with Gasteiger partial charge in [0.1, 0.15) is 0 Å². The molecule has 1 aromatic carbocycles. The van der Waals surface area contributed by atoms with E-state index in [1.54, 1.807) is 0 Å². The molecule has 6 nitrogen and oxygen atoms in total. The van der Waals surface area contributed by atoms with Gasteiger partial charge in [0.2, 0.25) is 0 Å². The molecule has 0 unspecified atom stereocenters. The molecule has 0 saturated heterocycles. The maximum Gasteiger partial charge on any atom is 0.272 e. The van der Waals surface area contributed by atoms with Crippen LogP contribution in [-0.4, -0.2) is 21.0 Å². The fraction of sp³-hybridized carbons (Fsp3) is 0. The number of thiocarbonyl (C=S) groups is 1. The topological polar surface area (TPSA) is 92.9 Å². The number of benzene rings is 1. The van der Waals surface area contributed by atoms with E-state index in [0.717, 1.165) is 5.56 Å². The molecule has 1 heterocycles. The van der Waals surface area contributed by atoms with E-state index in [9.17, 15) is 4.79 Å². The van der Waals surface area contributed by atoms with Gasteiger partial charge in [-0.15, -0.1) is 0 Å². The van der Waals surface area contributed by atoms with Crippen LogP contribution in [-0.2, 0) is 0 Å². The second kappa shape index (κ2) is 5.87. The number of hydrogen-bond donors (Lipinski definition) is 3. The Balaban J connectivity index is 2.10. The summed E-state index contributed by atoms with van der Waals surface area (Å²) in [6.45, 7) is 0. The van der Waals surface area contributed by atoms with Crippen LogP contribution in [0.1, 0.15) is 10.4 Å². The number of hydrogen-bond acceptors (Lipinski definition) is 4. The van der Waals surface area contributed by atoms with Crippen LogP contribution in [0.4, 0.5) is 0 Å². The van der Waals surface area contributed by atoms with E-state index in [1.807, 2.05) is 30.3 Å². The van der Waals surface area contributed by atoms with Gasteiger partial charge in [-0.3, -0.25) is 15.6 Å². The lowest BCUT2D eigenvalue weighted by Crippen LogP contribution is -2.44. The maximum atomic E-state index is 11.6. The molecule has 0 aliphatic heterocycles. The molecule has 0 fully saturated rings. The van der Waals surface area contributed by atoms with E-state index in [-0.39, 0.29) is 5.11 Å². The number of nitrogens with zero attached hydrogens (tertiary/aromatic N) is 2. The average Bonchev–Trinajstić information content (AvgIpc) is 2.46. The number of nitrogens with two attached hydrogens (primary N) is 1.